The molecule has 9 heteroatoms. The summed E-state index contributed by atoms with van der Waals surface area (Å²) in [5.41, 5.74) is 1.44. The highest BCUT2D eigenvalue weighted by Crippen LogP contribution is 2.21. The van der Waals surface area contributed by atoms with Crippen LogP contribution in [0, 0.1) is 17.0 Å². The molecular formula is C14H18N4O4S. The predicted molar refractivity (Wildman–Crippen MR) is 88.4 cm³/mol. The van der Waals surface area contributed by atoms with Crippen molar-refractivity contribution in [1.29, 1.82) is 0 Å². The molecule has 1 heterocycles. The molecule has 0 saturated heterocycles. The third-order valence-electron chi connectivity index (χ3n) is 2.60. The molecule has 8 nitrogen and oxygen atoms in total. The topological polar surface area (TPSA) is 121 Å². The van der Waals surface area contributed by atoms with Gasteiger partial charge in [0.1, 0.15) is 0 Å². The molecule has 0 aliphatic carbocycles. The summed E-state index contributed by atoms with van der Waals surface area (Å²) >= 11 is 0. The van der Waals surface area contributed by atoms with Crippen LogP contribution in [0.3, 0.4) is 0 Å². The Morgan fingerprint density at radius 1 is 1.30 bits per heavy atom. The lowest BCUT2D eigenvalue weighted by atomic mass is 10.1. The fourth-order valence-electron chi connectivity index (χ4n) is 1.70. The zero-order valence-electron chi connectivity index (χ0n) is 13.0. The van der Waals surface area contributed by atoms with Crippen molar-refractivity contribution in [3.63, 3.8) is 0 Å². The van der Waals surface area contributed by atoms with Crippen molar-refractivity contribution >= 4 is 21.8 Å². The Kier molecular flexibility index (Phi) is 6.17. The van der Waals surface area contributed by atoms with Gasteiger partial charge in [-0.1, -0.05) is 13.8 Å². The van der Waals surface area contributed by atoms with E-state index in [1.54, 1.807) is 23.8 Å². The van der Waals surface area contributed by atoms with Gasteiger partial charge in [-0.05, 0) is 24.6 Å². The number of benzene rings is 1. The molecule has 23 heavy (non-hydrogen) atoms. The highest BCUT2D eigenvalue weighted by Gasteiger charge is 2.10. The van der Waals surface area contributed by atoms with Gasteiger partial charge in [0.15, 0.2) is 0 Å². The average molecular weight is 338 g/mol. The number of primary sulfonamides is 1. The minimum Gasteiger partial charge on any atom is -0.306 e. The summed E-state index contributed by atoms with van der Waals surface area (Å²) in [5.74, 6) is 0. The summed E-state index contributed by atoms with van der Waals surface area (Å²) in [7, 11) is -3.80. The maximum atomic E-state index is 11.0. The number of sulfonamides is 1. The molecule has 0 atom stereocenters. The van der Waals surface area contributed by atoms with E-state index in [-0.39, 0.29) is 5.69 Å². The van der Waals surface area contributed by atoms with Gasteiger partial charge < -0.3 is 4.57 Å². The number of non-ortho nitro benzene ring substituents is 1. The maximum absolute atomic E-state index is 11.0. The number of aryl methyl sites for hydroxylation is 1. The van der Waals surface area contributed by atoms with Crippen molar-refractivity contribution in [2.45, 2.75) is 20.8 Å². The van der Waals surface area contributed by atoms with Gasteiger partial charge in [-0.25, -0.2) is 18.5 Å². The lowest BCUT2D eigenvalue weighted by molar-refractivity contribution is -0.384. The van der Waals surface area contributed by atoms with Gasteiger partial charge in [-0.3, -0.25) is 10.1 Å². The van der Waals surface area contributed by atoms with Gasteiger partial charge in [0, 0.05) is 23.7 Å². The fourth-order valence-corrected chi connectivity index (χ4v) is 2.05. The zero-order valence-corrected chi connectivity index (χ0v) is 13.8. The van der Waals surface area contributed by atoms with Crippen LogP contribution in [0.25, 0.3) is 11.8 Å². The van der Waals surface area contributed by atoms with Crippen molar-refractivity contribution in [2.75, 3.05) is 0 Å². The molecule has 0 unspecified atom stereocenters. The Hall–Kier alpha value is -2.52. The van der Waals surface area contributed by atoms with E-state index in [4.69, 9.17) is 5.14 Å². The molecule has 0 aliphatic heterocycles. The summed E-state index contributed by atoms with van der Waals surface area (Å²) in [4.78, 5) is 14.4. The Morgan fingerprint density at radius 2 is 1.96 bits per heavy atom. The fraction of sp³-hybridized carbons (Fsp3) is 0.214. The monoisotopic (exact) mass is 338 g/mol. The highest BCUT2D eigenvalue weighted by atomic mass is 32.2. The summed E-state index contributed by atoms with van der Waals surface area (Å²) < 4.78 is 23.5. The zero-order chi connectivity index (χ0) is 17.6. The Morgan fingerprint density at radius 3 is 2.43 bits per heavy atom. The second-order valence-electron chi connectivity index (χ2n) is 4.35. The number of hydrogen-bond acceptors (Lipinski definition) is 5. The third kappa shape index (κ3) is 5.64. The molecule has 0 bridgehead atoms. The van der Waals surface area contributed by atoms with Crippen molar-refractivity contribution < 1.29 is 13.3 Å². The molecule has 1 aromatic carbocycles. The van der Waals surface area contributed by atoms with Gasteiger partial charge in [0.05, 0.1) is 22.6 Å². The second-order valence-corrected chi connectivity index (χ2v) is 5.80. The number of imidazole rings is 1. The molecule has 0 saturated carbocycles. The van der Waals surface area contributed by atoms with E-state index >= 15 is 0 Å². The van der Waals surface area contributed by atoms with Crippen LogP contribution in [0.4, 0.5) is 5.69 Å². The minimum atomic E-state index is -3.80. The van der Waals surface area contributed by atoms with Gasteiger partial charge in [-0.15, -0.1) is 0 Å². The molecule has 0 spiro atoms. The lowest BCUT2D eigenvalue weighted by Gasteiger charge is -2.04. The number of aromatic nitrogens is 2. The third-order valence-corrected chi connectivity index (χ3v) is 3.11. The molecule has 0 amide bonds. The number of hydrogen-bond donors (Lipinski definition) is 1. The largest absolute Gasteiger partial charge is 0.306 e. The SMILES string of the molecule is CC.Cc1cn(-c2cc(/C=C/S(N)(=O)=O)cc([N+](=O)[O-])c2)cn1. The number of rotatable bonds is 4. The van der Waals surface area contributed by atoms with Crippen molar-refractivity contribution in [2.24, 2.45) is 5.14 Å². The molecule has 0 radical (unpaired) electrons. The summed E-state index contributed by atoms with van der Waals surface area (Å²) in [6.07, 6.45) is 4.42. The average Bonchev–Trinajstić information content (AvgIpc) is 2.93. The molecule has 0 fully saturated rings. The second kappa shape index (κ2) is 7.65. The van der Waals surface area contributed by atoms with Crippen LogP contribution >= 0.6 is 0 Å². The van der Waals surface area contributed by atoms with Gasteiger partial charge in [0.25, 0.3) is 5.69 Å². The Bertz CT molecular complexity index is 825. The highest BCUT2D eigenvalue weighted by molar-refractivity contribution is 7.92. The van der Waals surface area contributed by atoms with Crippen molar-refractivity contribution in [3.8, 4) is 5.69 Å². The first-order valence-electron chi connectivity index (χ1n) is 6.76. The van der Waals surface area contributed by atoms with E-state index in [1.807, 2.05) is 13.8 Å². The predicted octanol–water partition coefficient (Wildman–Crippen LogP) is 2.37. The van der Waals surface area contributed by atoms with Crippen molar-refractivity contribution in [3.05, 3.63) is 57.5 Å². The van der Waals surface area contributed by atoms with E-state index in [0.29, 0.717) is 11.3 Å². The van der Waals surface area contributed by atoms with Crippen LogP contribution in [-0.2, 0) is 10.0 Å². The molecular weight excluding hydrogens is 320 g/mol. The number of nitro benzene ring substituents is 1. The van der Waals surface area contributed by atoms with Crippen LogP contribution in [0.1, 0.15) is 25.1 Å². The smallest absolute Gasteiger partial charge is 0.272 e. The quantitative estimate of drug-likeness (QED) is 0.677. The molecule has 1 aromatic heterocycles. The normalized spacial score (nSPS) is 11.1. The molecule has 2 rings (SSSR count). The standard InChI is InChI=1S/C12H12N4O4S.C2H6/c1-9-7-15(8-14-9)11-4-10(2-3-21(13,19)20)5-12(6-11)16(17)18;1-2/h2-8H,1H3,(H2,13,19,20);1-2H3/b3-2+;. The van der Waals surface area contributed by atoms with Gasteiger partial charge >= 0.3 is 0 Å². The van der Waals surface area contributed by atoms with E-state index < -0.39 is 14.9 Å². The van der Waals surface area contributed by atoms with Crippen LogP contribution in [-0.4, -0.2) is 22.9 Å². The Balaban J connectivity index is 0.00000127. The minimum absolute atomic E-state index is 0.159. The first kappa shape index (κ1) is 18.5. The maximum Gasteiger partial charge on any atom is 0.272 e. The summed E-state index contributed by atoms with van der Waals surface area (Å²) in [6, 6.07) is 4.22. The number of nitrogens with zero attached hydrogens (tertiary/aromatic N) is 3. The van der Waals surface area contributed by atoms with E-state index in [0.717, 1.165) is 11.1 Å². The molecule has 124 valence electrons. The molecule has 2 aromatic rings. The van der Waals surface area contributed by atoms with Gasteiger partial charge in [0.2, 0.25) is 10.0 Å². The van der Waals surface area contributed by atoms with Crippen LogP contribution in [0.15, 0.2) is 36.1 Å². The first-order chi connectivity index (χ1) is 10.7. The van der Waals surface area contributed by atoms with E-state index in [1.165, 1.54) is 24.5 Å². The van der Waals surface area contributed by atoms with E-state index in [9.17, 15) is 18.5 Å². The van der Waals surface area contributed by atoms with Crippen LogP contribution in [0.5, 0.6) is 0 Å². The molecule has 2 N–H and O–H groups in total. The first-order valence-corrected chi connectivity index (χ1v) is 8.37. The lowest BCUT2D eigenvalue weighted by Crippen LogP contribution is -2.06. The number of nitro groups is 1. The van der Waals surface area contributed by atoms with Gasteiger partial charge in [-0.2, -0.15) is 0 Å². The van der Waals surface area contributed by atoms with E-state index in [2.05, 4.69) is 4.98 Å². The Labute approximate surface area is 134 Å². The van der Waals surface area contributed by atoms with Crippen molar-refractivity contribution in [1.82, 2.24) is 9.55 Å². The summed E-state index contributed by atoms with van der Waals surface area (Å²) in [5, 5.41) is 16.6. The van der Waals surface area contributed by atoms with Crippen LogP contribution in [0.2, 0.25) is 0 Å². The molecule has 0 aliphatic rings. The number of nitrogens with two attached hydrogens (primary N) is 1. The summed E-state index contributed by atoms with van der Waals surface area (Å²) in [6.45, 7) is 5.79. The van der Waals surface area contributed by atoms with Crippen LogP contribution < -0.4 is 5.14 Å².